The second kappa shape index (κ2) is 10.8. The van der Waals surface area contributed by atoms with Crippen molar-refractivity contribution in [2.75, 3.05) is 0 Å². The van der Waals surface area contributed by atoms with Crippen LogP contribution in [0.15, 0.2) is 176 Å². The highest BCUT2D eigenvalue weighted by Crippen LogP contribution is 2.43. The third-order valence-corrected chi connectivity index (χ3v) is 11.2. The Morgan fingerprint density at radius 1 is 0.377 bits per heavy atom. The predicted octanol–water partition coefficient (Wildman–Crippen LogP) is 10.8. The van der Waals surface area contributed by atoms with Crippen LogP contribution in [0.5, 0.6) is 17.2 Å². The molecule has 4 nitrogen and oxygen atoms in total. The van der Waals surface area contributed by atoms with Gasteiger partial charge in [-0.25, -0.2) is 0 Å². The Balaban J connectivity index is 1.04. The summed E-state index contributed by atoms with van der Waals surface area (Å²) in [5.41, 5.74) is 13.4. The molecule has 0 bridgehead atoms. The molecule has 2 aromatic heterocycles. The van der Waals surface area contributed by atoms with Crippen LogP contribution in [0.2, 0.25) is 0 Å². The highest BCUT2D eigenvalue weighted by molar-refractivity contribution is 6.84. The summed E-state index contributed by atoms with van der Waals surface area (Å²) in [6, 6.07) is 62.8. The van der Waals surface area contributed by atoms with Crippen LogP contribution < -0.4 is 20.3 Å². The van der Waals surface area contributed by atoms with Gasteiger partial charge in [-0.3, -0.25) is 0 Å². The van der Waals surface area contributed by atoms with Crippen molar-refractivity contribution in [3.05, 3.63) is 176 Å². The third kappa shape index (κ3) is 4.07. The minimum atomic E-state index is -0.288. The SMILES string of the molecule is c1cc(-c2cc3c4c(c2)-c2ccccc2OB4c2ccc(-n4c5ccccc5c5ccccc54)cc2O3)cc(-n2c3ccccc3c3ccccc32)c1. The number of ether oxygens (including phenoxy) is 1. The predicted molar refractivity (Wildman–Crippen MR) is 218 cm³/mol. The molecule has 0 atom stereocenters. The van der Waals surface area contributed by atoms with Crippen LogP contribution in [0.3, 0.4) is 0 Å². The summed E-state index contributed by atoms with van der Waals surface area (Å²) in [5.74, 6) is 2.51. The maximum absolute atomic E-state index is 6.98. The van der Waals surface area contributed by atoms with Gasteiger partial charge in [-0.05, 0) is 77.4 Å². The average molecular weight is 677 g/mol. The average Bonchev–Trinajstić information content (AvgIpc) is 3.74. The van der Waals surface area contributed by atoms with E-state index >= 15 is 0 Å². The molecule has 2 aliphatic rings. The van der Waals surface area contributed by atoms with Crippen molar-refractivity contribution in [2.45, 2.75) is 0 Å². The Labute approximate surface area is 305 Å². The lowest BCUT2D eigenvalue weighted by Crippen LogP contribution is -2.53. The lowest BCUT2D eigenvalue weighted by Gasteiger charge is -2.33. The maximum Gasteiger partial charge on any atom is 0.434 e. The lowest BCUT2D eigenvalue weighted by molar-refractivity contribution is 0.479. The van der Waals surface area contributed by atoms with Crippen molar-refractivity contribution >= 4 is 61.5 Å². The quantitative estimate of drug-likeness (QED) is 0.174. The monoisotopic (exact) mass is 676 g/mol. The topological polar surface area (TPSA) is 28.3 Å². The number of para-hydroxylation sites is 5. The zero-order valence-corrected chi connectivity index (χ0v) is 28.5. The van der Waals surface area contributed by atoms with Gasteiger partial charge in [0, 0.05) is 55.5 Å². The number of aromatic nitrogens is 2. The first-order valence-electron chi connectivity index (χ1n) is 18.1. The Morgan fingerprint density at radius 3 is 1.58 bits per heavy atom. The van der Waals surface area contributed by atoms with Gasteiger partial charge in [0.15, 0.2) is 0 Å². The van der Waals surface area contributed by atoms with Gasteiger partial charge in [-0.15, -0.1) is 0 Å². The molecule has 2 aliphatic heterocycles. The van der Waals surface area contributed by atoms with Gasteiger partial charge in [-0.2, -0.15) is 0 Å². The number of hydrogen-bond acceptors (Lipinski definition) is 2. The van der Waals surface area contributed by atoms with Gasteiger partial charge in [0.05, 0.1) is 22.1 Å². The number of fused-ring (bicyclic) bond motifs is 10. The second-order valence-electron chi connectivity index (χ2n) is 14.0. The first-order chi connectivity index (χ1) is 26.3. The summed E-state index contributed by atoms with van der Waals surface area (Å²) in [7, 11) is 0. The van der Waals surface area contributed by atoms with E-state index < -0.39 is 0 Å². The van der Waals surface area contributed by atoms with Gasteiger partial charge in [0.25, 0.3) is 0 Å². The van der Waals surface area contributed by atoms with E-state index in [1.165, 1.54) is 43.6 Å². The van der Waals surface area contributed by atoms with Crippen molar-refractivity contribution in [3.63, 3.8) is 0 Å². The molecule has 0 radical (unpaired) electrons. The zero-order chi connectivity index (χ0) is 34.6. The van der Waals surface area contributed by atoms with Crippen LogP contribution in [0.4, 0.5) is 0 Å². The molecular weight excluding hydrogens is 647 g/mol. The molecule has 5 heteroatoms. The molecule has 0 N–H and O–H groups in total. The van der Waals surface area contributed by atoms with Gasteiger partial charge >= 0.3 is 6.92 Å². The standard InChI is InChI=1S/C48H29BN2O2/c1-6-19-41-34(14-1)35-15-2-7-20-42(35)50(41)32-13-11-12-30(26-32)31-27-39-38-18-5-10-23-45(38)53-49-40-25-24-33(29-46(40)52-47(28-31)48(39)49)51-43-21-8-3-16-36(43)37-17-4-9-22-44(37)51/h1-29H. The number of benzene rings is 8. The molecule has 0 fully saturated rings. The van der Waals surface area contributed by atoms with Gasteiger partial charge in [0.2, 0.25) is 0 Å². The molecule has 12 rings (SSSR count). The lowest BCUT2D eigenvalue weighted by atomic mass is 9.50. The summed E-state index contributed by atoms with van der Waals surface area (Å²) in [6.07, 6.45) is 0. The third-order valence-electron chi connectivity index (χ3n) is 11.2. The first kappa shape index (κ1) is 28.7. The van der Waals surface area contributed by atoms with E-state index in [1.807, 2.05) is 0 Å². The summed E-state index contributed by atoms with van der Waals surface area (Å²) < 4.78 is 18.5. The van der Waals surface area contributed by atoms with E-state index in [2.05, 4.69) is 185 Å². The Morgan fingerprint density at radius 2 is 0.943 bits per heavy atom. The van der Waals surface area contributed by atoms with E-state index in [-0.39, 0.29) is 6.92 Å². The fourth-order valence-corrected chi connectivity index (χ4v) is 8.88. The molecule has 0 aliphatic carbocycles. The largest absolute Gasteiger partial charge is 0.551 e. The summed E-state index contributed by atoms with van der Waals surface area (Å²) in [6.45, 7) is -0.288. The normalized spacial score (nSPS) is 12.8. The maximum atomic E-state index is 6.98. The van der Waals surface area contributed by atoms with E-state index in [4.69, 9.17) is 9.39 Å². The summed E-state index contributed by atoms with van der Waals surface area (Å²) in [5, 5.41) is 4.97. The Hall–Kier alpha value is -6.98. The first-order valence-corrected chi connectivity index (χ1v) is 18.1. The summed E-state index contributed by atoms with van der Waals surface area (Å²) >= 11 is 0. The van der Waals surface area contributed by atoms with Crippen molar-refractivity contribution in [2.24, 2.45) is 0 Å². The van der Waals surface area contributed by atoms with Crippen LogP contribution in [0, 0.1) is 0 Å². The zero-order valence-electron chi connectivity index (χ0n) is 28.5. The van der Waals surface area contributed by atoms with E-state index in [1.54, 1.807) is 0 Å². The Bertz CT molecular complexity index is 3050. The minimum Gasteiger partial charge on any atom is -0.551 e. The number of hydrogen-bond donors (Lipinski definition) is 0. The van der Waals surface area contributed by atoms with Crippen LogP contribution >= 0.6 is 0 Å². The second-order valence-corrected chi connectivity index (χ2v) is 14.0. The number of rotatable bonds is 3. The molecule has 0 saturated carbocycles. The molecule has 8 aromatic carbocycles. The highest BCUT2D eigenvalue weighted by Gasteiger charge is 2.41. The van der Waals surface area contributed by atoms with Crippen LogP contribution in [0.1, 0.15) is 0 Å². The molecule has 53 heavy (non-hydrogen) atoms. The van der Waals surface area contributed by atoms with Crippen LogP contribution in [-0.4, -0.2) is 16.0 Å². The van der Waals surface area contributed by atoms with Gasteiger partial charge in [0.1, 0.15) is 17.2 Å². The molecule has 0 spiro atoms. The fourth-order valence-electron chi connectivity index (χ4n) is 8.88. The van der Waals surface area contributed by atoms with Gasteiger partial charge in [-0.1, -0.05) is 109 Å². The smallest absolute Gasteiger partial charge is 0.434 e. The van der Waals surface area contributed by atoms with Crippen LogP contribution in [-0.2, 0) is 0 Å². The summed E-state index contributed by atoms with van der Waals surface area (Å²) in [4.78, 5) is 0. The molecular formula is C48H29BN2O2. The number of nitrogens with zero attached hydrogens (tertiary/aromatic N) is 2. The van der Waals surface area contributed by atoms with E-state index in [9.17, 15) is 0 Å². The minimum absolute atomic E-state index is 0.288. The molecule has 0 unspecified atom stereocenters. The molecule has 10 aromatic rings. The molecule has 0 amide bonds. The fraction of sp³-hybridized carbons (Fsp3) is 0. The molecule has 4 heterocycles. The van der Waals surface area contributed by atoms with Crippen molar-refractivity contribution in [3.8, 4) is 50.9 Å². The van der Waals surface area contributed by atoms with E-state index in [0.29, 0.717) is 0 Å². The Kier molecular flexibility index (Phi) is 5.83. The van der Waals surface area contributed by atoms with E-state index in [0.717, 1.165) is 61.8 Å². The van der Waals surface area contributed by atoms with Crippen molar-refractivity contribution in [1.29, 1.82) is 0 Å². The van der Waals surface area contributed by atoms with Gasteiger partial charge < -0.3 is 18.5 Å². The van der Waals surface area contributed by atoms with Crippen molar-refractivity contribution < 1.29 is 9.39 Å². The highest BCUT2D eigenvalue weighted by atomic mass is 16.5. The molecule has 246 valence electrons. The molecule has 0 saturated heterocycles. The van der Waals surface area contributed by atoms with Crippen LogP contribution in [0.25, 0.3) is 77.2 Å². The van der Waals surface area contributed by atoms with Crippen molar-refractivity contribution in [1.82, 2.24) is 9.13 Å².